The molecule has 0 saturated heterocycles. The molecule has 8 heteroatoms. The lowest BCUT2D eigenvalue weighted by Gasteiger charge is -2.18. The number of fused-ring (bicyclic) bond motifs is 1. The van der Waals surface area contributed by atoms with E-state index in [0.717, 1.165) is 5.56 Å². The number of ether oxygens (including phenoxy) is 2. The molecule has 0 amide bonds. The van der Waals surface area contributed by atoms with Crippen molar-refractivity contribution in [2.45, 2.75) is 18.8 Å². The number of aromatic nitrogens is 3. The molecule has 0 bridgehead atoms. The fraction of sp³-hybridized carbons (Fsp3) is 0.261. The zero-order valence-electron chi connectivity index (χ0n) is 16.9. The molecule has 0 spiro atoms. The van der Waals surface area contributed by atoms with Gasteiger partial charge in [0.1, 0.15) is 13.2 Å². The molecule has 1 aliphatic heterocycles. The van der Waals surface area contributed by atoms with E-state index in [9.17, 15) is 14.9 Å². The normalized spacial score (nSPS) is 13.3. The summed E-state index contributed by atoms with van der Waals surface area (Å²) in [5.74, 6) is 0.274. The molecule has 0 saturated carbocycles. The molecule has 1 unspecified atom stereocenters. The number of hydrogen-bond acceptors (Lipinski definition) is 7. The monoisotopic (exact) mass is 416 g/mol. The van der Waals surface area contributed by atoms with Crippen LogP contribution in [0.15, 0.2) is 48.5 Å². The van der Waals surface area contributed by atoms with Gasteiger partial charge in [0.25, 0.3) is 0 Å². The van der Waals surface area contributed by atoms with Gasteiger partial charge in [-0.3, -0.25) is 9.59 Å². The summed E-state index contributed by atoms with van der Waals surface area (Å²) in [6.07, 6.45) is -0.0842. The Morgan fingerprint density at radius 1 is 1.06 bits per heavy atom. The van der Waals surface area contributed by atoms with Crippen LogP contribution in [0.1, 0.15) is 34.9 Å². The lowest BCUT2D eigenvalue weighted by molar-refractivity contribution is -0.119. The van der Waals surface area contributed by atoms with Crippen LogP contribution in [-0.2, 0) is 11.8 Å². The third-order valence-corrected chi connectivity index (χ3v) is 5.11. The second-order valence-corrected chi connectivity index (χ2v) is 7.12. The fourth-order valence-corrected chi connectivity index (χ4v) is 3.45. The molecule has 31 heavy (non-hydrogen) atoms. The topological polar surface area (TPSA) is 107 Å². The first-order chi connectivity index (χ1) is 15.1. The molecular formula is C23H20N4O4. The Labute approximate surface area is 179 Å². The average molecular weight is 416 g/mol. The Hall–Kier alpha value is -3.99. The number of nitriles is 1. The highest BCUT2D eigenvalue weighted by atomic mass is 16.6. The predicted molar refractivity (Wildman–Crippen MR) is 111 cm³/mol. The van der Waals surface area contributed by atoms with Crippen LogP contribution in [0.25, 0.3) is 11.4 Å². The molecule has 0 aliphatic carbocycles. The number of Topliss-reactive ketones (excluding diaryl/α,β-unsaturated/α-hetero) is 2. The van der Waals surface area contributed by atoms with Crippen LogP contribution in [0.2, 0.25) is 0 Å². The summed E-state index contributed by atoms with van der Waals surface area (Å²) < 4.78 is 12.6. The van der Waals surface area contributed by atoms with Crippen LogP contribution in [0.5, 0.6) is 11.5 Å². The van der Waals surface area contributed by atoms with Gasteiger partial charge in [-0.05, 0) is 18.2 Å². The highest BCUT2D eigenvalue weighted by Gasteiger charge is 2.27. The summed E-state index contributed by atoms with van der Waals surface area (Å²) in [6.45, 7) is 0.897. The molecule has 1 atom stereocenters. The van der Waals surface area contributed by atoms with E-state index in [1.807, 2.05) is 36.4 Å². The van der Waals surface area contributed by atoms with Crippen molar-refractivity contribution in [1.82, 2.24) is 14.8 Å². The molecule has 2 heterocycles. The van der Waals surface area contributed by atoms with Crippen molar-refractivity contribution >= 4 is 11.6 Å². The van der Waals surface area contributed by atoms with Gasteiger partial charge in [-0.15, -0.1) is 10.2 Å². The Balaban J connectivity index is 1.45. The molecule has 1 aliphatic rings. The summed E-state index contributed by atoms with van der Waals surface area (Å²) in [6, 6.07) is 16.4. The standard InChI is InChI=1S/C23H20N4O4/c1-27-22(15-5-3-2-4-6-15)25-26-23(27)17(14-24)19(29)9-8-18(28)16-7-10-20-21(13-16)31-12-11-30-20/h2-7,10,13,17H,8-9,11-12H2,1H3. The van der Waals surface area contributed by atoms with Crippen LogP contribution in [0, 0.1) is 11.3 Å². The first kappa shape index (κ1) is 20.3. The van der Waals surface area contributed by atoms with E-state index < -0.39 is 5.92 Å². The molecular weight excluding hydrogens is 396 g/mol. The van der Waals surface area contributed by atoms with Crippen molar-refractivity contribution in [2.24, 2.45) is 7.05 Å². The van der Waals surface area contributed by atoms with Gasteiger partial charge in [-0.25, -0.2) is 0 Å². The van der Waals surface area contributed by atoms with Gasteiger partial charge in [0.2, 0.25) is 0 Å². The molecule has 0 radical (unpaired) electrons. The van der Waals surface area contributed by atoms with Gasteiger partial charge < -0.3 is 14.0 Å². The maximum atomic E-state index is 12.7. The van der Waals surface area contributed by atoms with E-state index in [4.69, 9.17) is 9.47 Å². The van der Waals surface area contributed by atoms with Crippen LogP contribution in [0.4, 0.5) is 0 Å². The van der Waals surface area contributed by atoms with E-state index in [1.54, 1.807) is 29.8 Å². The van der Waals surface area contributed by atoms with Gasteiger partial charge in [-0.1, -0.05) is 30.3 Å². The number of benzene rings is 2. The second kappa shape index (κ2) is 8.79. The van der Waals surface area contributed by atoms with Crippen LogP contribution >= 0.6 is 0 Å². The molecule has 8 nitrogen and oxygen atoms in total. The van der Waals surface area contributed by atoms with Gasteiger partial charge >= 0.3 is 0 Å². The van der Waals surface area contributed by atoms with Crippen molar-refractivity contribution in [3.63, 3.8) is 0 Å². The average Bonchev–Trinajstić information content (AvgIpc) is 3.19. The minimum atomic E-state index is -1.09. The summed E-state index contributed by atoms with van der Waals surface area (Å²) in [5, 5.41) is 17.8. The first-order valence-corrected chi connectivity index (χ1v) is 9.88. The largest absolute Gasteiger partial charge is 0.486 e. The highest BCUT2D eigenvalue weighted by Crippen LogP contribution is 2.31. The van der Waals surface area contributed by atoms with E-state index in [2.05, 4.69) is 10.2 Å². The van der Waals surface area contributed by atoms with Gasteiger partial charge in [0.05, 0.1) is 6.07 Å². The number of hydrogen-bond donors (Lipinski definition) is 0. The summed E-state index contributed by atoms with van der Waals surface area (Å²) >= 11 is 0. The number of carbonyl (C=O) groups excluding carboxylic acids is 2. The number of rotatable bonds is 7. The Morgan fingerprint density at radius 2 is 1.81 bits per heavy atom. The Kier molecular flexibility index (Phi) is 5.76. The smallest absolute Gasteiger partial charge is 0.164 e. The first-order valence-electron chi connectivity index (χ1n) is 9.88. The maximum Gasteiger partial charge on any atom is 0.164 e. The van der Waals surface area contributed by atoms with Crippen LogP contribution in [-0.4, -0.2) is 39.5 Å². The zero-order chi connectivity index (χ0) is 21.8. The molecule has 156 valence electrons. The molecule has 3 aromatic rings. The van der Waals surface area contributed by atoms with Crippen LogP contribution in [0.3, 0.4) is 0 Å². The third kappa shape index (κ3) is 4.16. The Bertz CT molecular complexity index is 1160. The SMILES string of the molecule is Cn1c(-c2ccccc2)nnc1C(C#N)C(=O)CCC(=O)c1ccc2c(c1)OCCO2. The number of carbonyl (C=O) groups is 2. The zero-order valence-corrected chi connectivity index (χ0v) is 16.9. The van der Waals surface area contributed by atoms with E-state index in [0.29, 0.717) is 36.1 Å². The van der Waals surface area contributed by atoms with Gasteiger partial charge in [0, 0.05) is 31.0 Å². The van der Waals surface area contributed by atoms with Crippen molar-refractivity contribution in [1.29, 1.82) is 5.26 Å². The van der Waals surface area contributed by atoms with Crippen molar-refractivity contribution in [3.8, 4) is 29.0 Å². The van der Waals surface area contributed by atoms with Crippen molar-refractivity contribution in [2.75, 3.05) is 13.2 Å². The third-order valence-electron chi connectivity index (χ3n) is 5.11. The van der Waals surface area contributed by atoms with Crippen LogP contribution < -0.4 is 9.47 Å². The van der Waals surface area contributed by atoms with E-state index >= 15 is 0 Å². The van der Waals surface area contributed by atoms with E-state index in [-0.39, 0.29) is 30.2 Å². The fourth-order valence-electron chi connectivity index (χ4n) is 3.45. The molecule has 0 N–H and O–H groups in total. The summed E-state index contributed by atoms with van der Waals surface area (Å²) in [5.41, 5.74) is 1.28. The number of nitrogens with zero attached hydrogens (tertiary/aromatic N) is 4. The summed E-state index contributed by atoms with van der Waals surface area (Å²) in [4.78, 5) is 25.3. The van der Waals surface area contributed by atoms with E-state index in [1.165, 1.54) is 0 Å². The molecule has 1 aromatic heterocycles. The predicted octanol–water partition coefficient (Wildman–Crippen LogP) is 3.09. The van der Waals surface area contributed by atoms with Crippen molar-refractivity contribution < 1.29 is 19.1 Å². The quantitative estimate of drug-likeness (QED) is 0.545. The molecule has 4 rings (SSSR count). The lowest BCUT2D eigenvalue weighted by Crippen LogP contribution is -2.17. The Morgan fingerprint density at radius 3 is 2.55 bits per heavy atom. The minimum Gasteiger partial charge on any atom is -0.486 e. The lowest BCUT2D eigenvalue weighted by atomic mass is 9.97. The summed E-state index contributed by atoms with van der Waals surface area (Å²) in [7, 11) is 1.72. The molecule has 2 aromatic carbocycles. The number of ketones is 2. The van der Waals surface area contributed by atoms with Crippen molar-refractivity contribution in [3.05, 3.63) is 59.9 Å². The highest BCUT2D eigenvalue weighted by molar-refractivity contribution is 5.99. The maximum absolute atomic E-state index is 12.7. The van der Waals surface area contributed by atoms with Gasteiger partial charge in [0.15, 0.2) is 40.6 Å². The van der Waals surface area contributed by atoms with Gasteiger partial charge in [-0.2, -0.15) is 5.26 Å². The minimum absolute atomic E-state index is 0.0138. The second-order valence-electron chi connectivity index (χ2n) is 7.12. The molecule has 0 fully saturated rings.